The fourth-order valence-corrected chi connectivity index (χ4v) is 3.76. The Bertz CT molecular complexity index is 981. The number of carbonyl (C=O) groups excluding carboxylic acids is 1. The maximum atomic E-state index is 12.9. The molecule has 6 nitrogen and oxygen atoms in total. The van der Waals surface area contributed by atoms with Gasteiger partial charge in [-0.15, -0.1) is 0 Å². The molecule has 0 radical (unpaired) electrons. The molecule has 0 aliphatic rings. The smallest absolute Gasteiger partial charge is 0.246 e. The molecule has 2 aromatic rings. The third-order valence-electron chi connectivity index (χ3n) is 4.66. The van der Waals surface area contributed by atoms with E-state index in [2.05, 4.69) is 6.07 Å². The quantitative estimate of drug-likeness (QED) is 0.575. The molecule has 0 fully saturated rings. The summed E-state index contributed by atoms with van der Waals surface area (Å²) in [5.74, 6) is -0.0802. The molecule has 0 N–H and O–H groups in total. The Balaban J connectivity index is 2.14. The van der Waals surface area contributed by atoms with E-state index in [1.165, 1.54) is 18.4 Å². The lowest BCUT2D eigenvalue weighted by Gasteiger charge is -2.23. The minimum atomic E-state index is -3.46. The number of hydrogen-bond donors (Lipinski definition) is 0. The third kappa shape index (κ3) is 6.79. The highest BCUT2D eigenvalue weighted by Gasteiger charge is 2.16. The van der Waals surface area contributed by atoms with Crippen LogP contribution >= 0.6 is 0 Å². The first-order valence-electron chi connectivity index (χ1n) is 9.79. The Morgan fingerprint density at radius 2 is 1.63 bits per heavy atom. The number of sulfonamides is 1. The molecule has 30 heavy (non-hydrogen) atoms. The fourth-order valence-electron chi connectivity index (χ4n) is 2.85. The highest BCUT2D eigenvalue weighted by Crippen LogP contribution is 2.15. The van der Waals surface area contributed by atoms with Gasteiger partial charge in [-0.3, -0.25) is 4.79 Å². The molecule has 0 aliphatic carbocycles. The van der Waals surface area contributed by atoms with Gasteiger partial charge in [-0.05, 0) is 50.4 Å². The number of aryl methyl sites for hydroxylation is 1. The van der Waals surface area contributed by atoms with E-state index in [9.17, 15) is 13.2 Å². The summed E-state index contributed by atoms with van der Waals surface area (Å²) in [6.45, 7) is 3.96. The molecule has 2 aromatic carbocycles. The van der Waals surface area contributed by atoms with Gasteiger partial charge in [-0.2, -0.15) is 0 Å². The lowest BCUT2D eigenvalue weighted by atomic mass is 10.1. The van der Waals surface area contributed by atoms with Gasteiger partial charge >= 0.3 is 0 Å². The van der Waals surface area contributed by atoms with Gasteiger partial charge < -0.3 is 9.80 Å². The summed E-state index contributed by atoms with van der Waals surface area (Å²) in [5, 5.41) is 0. The van der Waals surface area contributed by atoms with Crippen LogP contribution in [0.4, 0.5) is 0 Å². The molecule has 0 aliphatic heterocycles. The van der Waals surface area contributed by atoms with Gasteiger partial charge in [-0.25, -0.2) is 12.7 Å². The van der Waals surface area contributed by atoms with E-state index in [-0.39, 0.29) is 10.8 Å². The number of amides is 1. The van der Waals surface area contributed by atoms with Crippen molar-refractivity contribution < 1.29 is 13.2 Å². The Morgan fingerprint density at radius 3 is 2.20 bits per heavy atom. The summed E-state index contributed by atoms with van der Waals surface area (Å²) in [6, 6.07) is 14.6. The summed E-state index contributed by atoms with van der Waals surface area (Å²) in [6.07, 6.45) is 3.26. The molecule has 162 valence electrons. The fraction of sp³-hybridized carbons (Fsp3) is 0.348. The number of benzene rings is 2. The lowest BCUT2D eigenvalue weighted by Crippen LogP contribution is -2.35. The van der Waals surface area contributed by atoms with Crippen molar-refractivity contribution in [1.82, 2.24) is 14.1 Å². The van der Waals surface area contributed by atoms with E-state index < -0.39 is 10.0 Å². The Hall–Kier alpha value is -2.48. The van der Waals surface area contributed by atoms with Crippen molar-refractivity contribution in [2.75, 3.05) is 41.3 Å². The van der Waals surface area contributed by atoms with Crippen molar-refractivity contribution >= 4 is 22.0 Å². The van der Waals surface area contributed by atoms with E-state index in [0.29, 0.717) is 13.1 Å². The van der Waals surface area contributed by atoms with Gasteiger partial charge in [-0.1, -0.05) is 42.0 Å². The summed E-state index contributed by atoms with van der Waals surface area (Å²) >= 11 is 0. The first-order valence-corrected chi connectivity index (χ1v) is 11.2. The minimum Gasteiger partial charge on any atom is -0.334 e. The second-order valence-electron chi connectivity index (χ2n) is 7.74. The normalized spacial score (nSPS) is 12.1. The number of nitrogens with zero attached hydrogens (tertiary/aromatic N) is 3. The van der Waals surface area contributed by atoms with Crippen LogP contribution in [0.3, 0.4) is 0 Å². The molecule has 0 saturated heterocycles. The maximum absolute atomic E-state index is 12.9. The van der Waals surface area contributed by atoms with Gasteiger partial charge in [0, 0.05) is 39.8 Å². The number of likely N-dealkylation sites (N-methyl/N-ethyl adjacent to an activating group) is 1. The molecule has 0 heterocycles. The van der Waals surface area contributed by atoms with E-state index in [4.69, 9.17) is 0 Å². The summed E-state index contributed by atoms with van der Waals surface area (Å²) in [4.78, 5) is 16.9. The van der Waals surface area contributed by atoms with Crippen molar-refractivity contribution in [1.29, 1.82) is 0 Å². The molecule has 7 heteroatoms. The summed E-state index contributed by atoms with van der Waals surface area (Å²) in [7, 11) is 3.50. The van der Waals surface area contributed by atoms with Crippen molar-refractivity contribution in [3.05, 3.63) is 71.3 Å². The highest BCUT2D eigenvalue weighted by molar-refractivity contribution is 7.89. The van der Waals surface area contributed by atoms with Crippen LogP contribution < -0.4 is 0 Å². The molecule has 0 unspecified atom stereocenters. The second kappa shape index (κ2) is 10.5. The molecular weight excluding hydrogens is 398 g/mol. The third-order valence-corrected chi connectivity index (χ3v) is 6.49. The van der Waals surface area contributed by atoms with Crippen molar-refractivity contribution in [3.63, 3.8) is 0 Å². The van der Waals surface area contributed by atoms with E-state index in [1.807, 2.05) is 49.0 Å². The zero-order valence-electron chi connectivity index (χ0n) is 18.4. The molecule has 1 amide bonds. The predicted octanol–water partition coefficient (Wildman–Crippen LogP) is 2.85. The largest absolute Gasteiger partial charge is 0.334 e. The average molecular weight is 430 g/mol. The highest BCUT2D eigenvalue weighted by atomic mass is 32.2. The predicted molar refractivity (Wildman–Crippen MR) is 121 cm³/mol. The standard InChI is InChI=1S/C23H31N3O3S/c1-19-7-6-8-21(17-19)18-26(16-15-24(2)3)23(27)14-11-20-9-12-22(13-10-20)30(28,29)25(4)5/h6-14,17H,15-16,18H2,1-5H3/b14-11+. The van der Waals surface area contributed by atoms with Crippen LogP contribution in [0.15, 0.2) is 59.5 Å². The molecule has 0 saturated carbocycles. The minimum absolute atomic E-state index is 0.0802. The Labute approximate surface area is 180 Å². The molecule has 0 bridgehead atoms. The molecule has 0 spiro atoms. The zero-order chi connectivity index (χ0) is 22.3. The first-order chi connectivity index (χ1) is 14.1. The van der Waals surface area contributed by atoms with E-state index >= 15 is 0 Å². The Morgan fingerprint density at radius 1 is 0.967 bits per heavy atom. The van der Waals surface area contributed by atoms with Crippen molar-refractivity contribution in [2.24, 2.45) is 0 Å². The van der Waals surface area contributed by atoms with Gasteiger partial charge in [0.2, 0.25) is 15.9 Å². The molecule has 0 aromatic heterocycles. The number of rotatable bonds is 9. The zero-order valence-corrected chi connectivity index (χ0v) is 19.2. The Kier molecular flexibility index (Phi) is 8.34. The van der Waals surface area contributed by atoms with Crippen LogP contribution in [0.2, 0.25) is 0 Å². The van der Waals surface area contributed by atoms with Gasteiger partial charge in [0.1, 0.15) is 0 Å². The van der Waals surface area contributed by atoms with Crippen LogP contribution in [-0.4, -0.2) is 69.7 Å². The maximum Gasteiger partial charge on any atom is 0.246 e. The van der Waals surface area contributed by atoms with Crippen LogP contribution in [-0.2, 0) is 21.4 Å². The van der Waals surface area contributed by atoms with Crippen molar-refractivity contribution in [2.45, 2.75) is 18.4 Å². The number of carbonyl (C=O) groups is 1. The SMILES string of the molecule is Cc1cccc(CN(CCN(C)C)C(=O)/C=C/c2ccc(S(=O)(=O)N(C)C)cc2)c1. The summed E-state index contributed by atoms with van der Waals surface area (Å²) in [5.41, 5.74) is 3.02. The van der Waals surface area contributed by atoms with Gasteiger partial charge in [0.25, 0.3) is 0 Å². The second-order valence-corrected chi connectivity index (χ2v) is 9.89. The van der Waals surface area contributed by atoms with Crippen molar-refractivity contribution in [3.8, 4) is 0 Å². The van der Waals surface area contributed by atoms with Gasteiger partial charge in [0.05, 0.1) is 4.90 Å². The van der Waals surface area contributed by atoms with Crippen LogP contribution in [0, 0.1) is 6.92 Å². The van der Waals surface area contributed by atoms with Gasteiger partial charge in [0.15, 0.2) is 0 Å². The lowest BCUT2D eigenvalue weighted by molar-refractivity contribution is -0.126. The van der Waals surface area contributed by atoms with E-state index in [1.54, 1.807) is 36.4 Å². The molecule has 2 rings (SSSR count). The van der Waals surface area contributed by atoms with Crippen LogP contribution in [0.25, 0.3) is 6.08 Å². The molecule has 0 atom stereocenters. The van der Waals surface area contributed by atoms with E-state index in [0.717, 1.165) is 23.2 Å². The molecular formula is C23H31N3O3S. The van der Waals surface area contributed by atoms with Crippen LogP contribution in [0.1, 0.15) is 16.7 Å². The number of hydrogen-bond acceptors (Lipinski definition) is 4. The van der Waals surface area contributed by atoms with Crippen LogP contribution in [0.5, 0.6) is 0 Å². The topological polar surface area (TPSA) is 60.9 Å². The first kappa shape index (κ1) is 23.8. The average Bonchev–Trinajstić information content (AvgIpc) is 2.69. The summed E-state index contributed by atoms with van der Waals surface area (Å²) < 4.78 is 25.5. The monoisotopic (exact) mass is 429 g/mol.